The summed E-state index contributed by atoms with van der Waals surface area (Å²) in [5.74, 6) is 1.10. The summed E-state index contributed by atoms with van der Waals surface area (Å²) in [6.45, 7) is 10.5. The molecule has 1 heterocycles. The fraction of sp³-hybridized carbons (Fsp3) is 0.409. The number of carbonyl (C=O) groups is 1. The lowest BCUT2D eigenvalue weighted by Crippen LogP contribution is -2.39. The molecule has 0 saturated carbocycles. The predicted molar refractivity (Wildman–Crippen MR) is 118 cm³/mol. The molecule has 2 aromatic carbocycles. The van der Waals surface area contributed by atoms with Gasteiger partial charge < -0.3 is 16.0 Å². The molecule has 144 valence electrons. The highest BCUT2D eigenvalue weighted by Gasteiger charge is 2.25. The Hall–Kier alpha value is -2.01. The van der Waals surface area contributed by atoms with Crippen LogP contribution in [0, 0.1) is 25.7 Å². The van der Waals surface area contributed by atoms with Crippen molar-refractivity contribution in [3.63, 3.8) is 0 Å². The van der Waals surface area contributed by atoms with Gasteiger partial charge in [0.05, 0.1) is 5.56 Å². The minimum absolute atomic E-state index is 0.114. The lowest BCUT2D eigenvalue weighted by atomic mass is 9.91. The maximum atomic E-state index is 13.2. The summed E-state index contributed by atoms with van der Waals surface area (Å²) in [6, 6.07) is 9.67. The summed E-state index contributed by atoms with van der Waals surface area (Å²) in [5.41, 5.74) is 11.1. The molecular weight excluding hydrogens is 402 g/mol. The first kappa shape index (κ1) is 19.7. The molecule has 0 spiro atoms. The predicted octanol–water partition coefficient (Wildman–Crippen LogP) is 5.38. The van der Waals surface area contributed by atoms with E-state index in [1.54, 1.807) is 6.07 Å². The first-order valence-corrected chi connectivity index (χ1v) is 10.3. The molecule has 1 fully saturated rings. The third kappa shape index (κ3) is 4.46. The second-order valence-electron chi connectivity index (χ2n) is 8.00. The quantitative estimate of drug-likeness (QED) is 0.643. The first-order chi connectivity index (χ1) is 12.7. The van der Waals surface area contributed by atoms with Crippen molar-refractivity contribution in [2.24, 2.45) is 11.8 Å². The lowest BCUT2D eigenvalue weighted by Gasteiger charge is -2.37. The summed E-state index contributed by atoms with van der Waals surface area (Å²) in [5, 5.41) is 3.11. The number of anilines is 3. The van der Waals surface area contributed by atoms with Crippen molar-refractivity contribution in [3.05, 3.63) is 51.5 Å². The largest absolute Gasteiger partial charge is 0.399 e. The third-order valence-electron chi connectivity index (χ3n) is 5.21. The number of nitrogens with zero attached hydrogens (tertiary/aromatic N) is 1. The van der Waals surface area contributed by atoms with Gasteiger partial charge in [0.25, 0.3) is 5.91 Å². The van der Waals surface area contributed by atoms with Crippen LogP contribution in [0.25, 0.3) is 0 Å². The Morgan fingerprint density at radius 2 is 1.70 bits per heavy atom. The van der Waals surface area contributed by atoms with Crippen LogP contribution in [0.5, 0.6) is 0 Å². The van der Waals surface area contributed by atoms with Crippen LogP contribution in [0.1, 0.15) is 41.8 Å². The number of amides is 1. The summed E-state index contributed by atoms with van der Waals surface area (Å²) >= 11 is 3.51. The van der Waals surface area contributed by atoms with Crippen LogP contribution in [-0.4, -0.2) is 19.0 Å². The van der Waals surface area contributed by atoms with Crippen molar-refractivity contribution in [3.8, 4) is 0 Å². The topological polar surface area (TPSA) is 58.4 Å². The van der Waals surface area contributed by atoms with Crippen molar-refractivity contribution in [2.75, 3.05) is 29.0 Å². The number of hydrogen-bond acceptors (Lipinski definition) is 3. The number of hydrogen-bond donors (Lipinski definition) is 2. The highest BCUT2D eigenvalue weighted by molar-refractivity contribution is 9.10. The van der Waals surface area contributed by atoms with Crippen LogP contribution < -0.4 is 16.0 Å². The fourth-order valence-electron chi connectivity index (χ4n) is 4.16. The molecule has 0 bridgehead atoms. The fourth-order valence-corrected chi connectivity index (χ4v) is 4.85. The van der Waals surface area contributed by atoms with Gasteiger partial charge in [-0.15, -0.1) is 0 Å². The number of rotatable bonds is 3. The Morgan fingerprint density at radius 3 is 2.30 bits per heavy atom. The van der Waals surface area contributed by atoms with E-state index >= 15 is 0 Å². The Balaban J connectivity index is 1.94. The van der Waals surface area contributed by atoms with Crippen LogP contribution >= 0.6 is 15.9 Å². The van der Waals surface area contributed by atoms with Crippen LogP contribution in [0.4, 0.5) is 17.1 Å². The highest BCUT2D eigenvalue weighted by Crippen LogP contribution is 2.32. The number of nitrogen functional groups attached to an aromatic ring is 1. The molecule has 0 aromatic heterocycles. The van der Waals surface area contributed by atoms with Gasteiger partial charge in [-0.2, -0.15) is 0 Å². The van der Waals surface area contributed by atoms with Gasteiger partial charge in [0.1, 0.15) is 0 Å². The number of carbonyl (C=O) groups excluding carboxylic acids is 1. The number of halogens is 1. The van der Waals surface area contributed by atoms with Gasteiger partial charge in [-0.1, -0.05) is 29.8 Å². The molecule has 2 atom stereocenters. The maximum Gasteiger partial charge on any atom is 0.257 e. The molecular formula is C22H28BrN3O. The Labute approximate surface area is 170 Å². The average Bonchev–Trinajstić information content (AvgIpc) is 2.56. The van der Waals surface area contributed by atoms with Gasteiger partial charge in [-0.05, 0) is 73.6 Å². The van der Waals surface area contributed by atoms with Crippen molar-refractivity contribution in [2.45, 2.75) is 34.1 Å². The second-order valence-corrected chi connectivity index (χ2v) is 8.91. The Morgan fingerprint density at radius 1 is 1.11 bits per heavy atom. The summed E-state index contributed by atoms with van der Waals surface area (Å²) < 4.78 is 1.01. The monoisotopic (exact) mass is 429 g/mol. The van der Waals surface area contributed by atoms with Crippen LogP contribution in [-0.2, 0) is 0 Å². The molecule has 0 aliphatic carbocycles. The molecule has 4 nitrogen and oxygen atoms in total. The molecule has 1 aliphatic rings. The van der Waals surface area contributed by atoms with Gasteiger partial charge in [0.2, 0.25) is 0 Å². The second kappa shape index (κ2) is 7.93. The Bertz CT molecular complexity index is 832. The number of piperidine rings is 1. The summed E-state index contributed by atoms with van der Waals surface area (Å²) in [4.78, 5) is 15.5. The molecule has 0 unspecified atom stereocenters. The Kier molecular flexibility index (Phi) is 5.80. The van der Waals surface area contributed by atoms with E-state index in [1.807, 2.05) is 38.1 Å². The van der Waals surface area contributed by atoms with Crippen LogP contribution in [0.2, 0.25) is 0 Å². The van der Waals surface area contributed by atoms with E-state index in [4.69, 9.17) is 5.73 Å². The van der Waals surface area contributed by atoms with Gasteiger partial charge in [0.15, 0.2) is 0 Å². The van der Waals surface area contributed by atoms with Gasteiger partial charge in [0, 0.05) is 34.6 Å². The highest BCUT2D eigenvalue weighted by atomic mass is 79.9. The van der Waals surface area contributed by atoms with E-state index in [9.17, 15) is 4.79 Å². The number of nitrogens with two attached hydrogens (primary N) is 1. The van der Waals surface area contributed by atoms with E-state index in [2.05, 4.69) is 40.0 Å². The smallest absolute Gasteiger partial charge is 0.257 e. The molecule has 3 rings (SSSR count). The van der Waals surface area contributed by atoms with Crippen molar-refractivity contribution < 1.29 is 4.79 Å². The normalized spacial score (nSPS) is 19.8. The van der Waals surface area contributed by atoms with Crippen molar-refractivity contribution in [1.29, 1.82) is 0 Å². The zero-order valence-electron chi connectivity index (χ0n) is 16.5. The lowest BCUT2D eigenvalue weighted by molar-refractivity contribution is 0.102. The number of benzene rings is 2. The minimum atomic E-state index is -0.114. The number of aryl methyl sites for hydroxylation is 2. The van der Waals surface area contributed by atoms with E-state index in [-0.39, 0.29) is 5.91 Å². The van der Waals surface area contributed by atoms with E-state index in [0.29, 0.717) is 23.1 Å². The molecule has 27 heavy (non-hydrogen) atoms. The molecule has 1 saturated heterocycles. The molecule has 1 aliphatic heterocycles. The summed E-state index contributed by atoms with van der Waals surface area (Å²) in [6.07, 6.45) is 1.23. The van der Waals surface area contributed by atoms with E-state index < -0.39 is 0 Å². The van der Waals surface area contributed by atoms with Crippen LogP contribution in [0.3, 0.4) is 0 Å². The molecule has 5 heteroatoms. The van der Waals surface area contributed by atoms with Crippen LogP contribution in [0.15, 0.2) is 34.8 Å². The van der Waals surface area contributed by atoms with Crippen molar-refractivity contribution in [1.82, 2.24) is 0 Å². The van der Waals surface area contributed by atoms with Crippen molar-refractivity contribution >= 4 is 38.9 Å². The molecule has 3 N–H and O–H groups in total. The zero-order chi connectivity index (χ0) is 19.7. The van der Waals surface area contributed by atoms with Gasteiger partial charge >= 0.3 is 0 Å². The molecule has 2 aromatic rings. The maximum absolute atomic E-state index is 13.2. The first-order valence-electron chi connectivity index (χ1n) is 9.47. The molecule has 0 radical (unpaired) electrons. The van der Waals surface area contributed by atoms with E-state index in [1.165, 1.54) is 6.42 Å². The summed E-state index contributed by atoms with van der Waals surface area (Å²) in [7, 11) is 0. The third-order valence-corrected chi connectivity index (χ3v) is 5.67. The van der Waals surface area contributed by atoms with Gasteiger partial charge in [-0.3, -0.25) is 4.79 Å². The molecule has 1 amide bonds. The zero-order valence-corrected chi connectivity index (χ0v) is 18.1. The van der Waals surface area contributed by atoms with Gasteiger partial charge in [-0.25, -0.2) is 0 Å². The van der Waals surface area contributed by atoms with E-state index in [0.717, 1.165) is 40.1 Å². The standard InChI is InChI=1S/C22H28BrN3O/c1-13-7-14(2)12-26(11-13)20-6-5-18(24)10-19(20)22(27)25-21-15(3)8-17(23)9-16(21)4/h5-6,8-10,13-14H,7,11-12,24H2,1-4H3,(H,25,27)/t13-,14-/m1/s1. The minimum Gasteiger partial charge on any atom is -0.399 e. The number of nitrogens with one attached hydrogen (secondary N) is 1. The SMILES string of the molecule is Cc1cc(Br)cc(C)c1NC(=O)c1cc(N)ccc1N1C[C@H](C)C[C@@H](C)C1. The average molecular weight is 430 g/mol.